The van der Waals surface area contributed by atoms with Crippen molar-refractivity contribution in [1.29, 1.82) is 0 Å². The summed E-state index contributed by atoms with van der Waals surface area (Å²) in [5.41, 5.74) is 1.99. The Morgan fingerprint density at radius 2 is 1.86 bits per heavy atom. The first-order chi connectivity index (χ1) is 9.43. The van der Waals surface area contributed by atoms with Gasteiger partial charge in [-0.1, -0.05) is 6.92 Å². The lowest BCUT2D eigenvalue weighted by Gasteiger charge is -2.23. The molecule has 0 fully saturated rings. The molecule has 1 aromatic rings. The lowest BCUT2D eigenvalue weighted by atomic mass is 10.2. The van der Waals surface area contributed by atoms with Crippen LogP contribution in [0.4, 0.5) is 10.6 Å². The second kappa shape index (κ2) is 11.2. The molecule has 0 aliphatic carbocycles. The normalized spacial score (nSPS) is 9.73. The van der Waals surface area contributed by atoms with E-state index in [0.717, 1.165) is 24.2 Å². The van der Waals surface area contributed by atoms with Crippen LogP contribution >= 0.6 is 12.4 Å². The summed E-state index contributed by atoms with van der Waals surface area (Å²) in [6.07, 6.45) is 0.485. The molecule has 1 heterocycles. The first kappa shape index (κ1) is 22.9. The summed E-state index contributed by atoms with van der Waals surface area (Å²) >= 11 is 0. The van der Waals surface area contributed by atoms with Gasteiger partial charge >= 0.3 is 6.09 Å². The Bertz CT molecular complexity index is 435. The Hall–Kier alpha value is -1.37. The smallest absolute Gasteiger partial charge is 0.415 e. The molecule has 0 saturated carbocycles. The van der Waals surface area contributed by atoms with Crippen molar-refractivity contribution in [3.05, 3.63) is 23.4 Å². The Balaban J connectivity index is 0. The Labute approximate surface area is 139 Å². The zero-order chi connectivity index (χ0) is 15.1. The molecule has 0 aliphatic rings. The molecule has 2 N–H and O–H groups in total. The van der Waals surface area contributed by atoms with Crippen molar-refractivity contribution < 1.29 is 15.0 Å². The van der Waals surface area contributed by atoms with E-state index in [1.54, 1.807) is 4.90 Å². The highest BCUT2D eigenvalue weighted by atomic mass is 35.5. The number of ether oxygens (including phenoxy) is 1. The van der Waals surface area contributed by atoms with E-state index in [4.69, 9.17) is 4.74 Å². The molecule has 0 aliphatic heterocycles. The third-order valence-corrected chi connectivity index (χ3v) is 2.78. The molecular weight excluding hydrogens is 306 g/mol. The standard InChI is InChI=1S/C15H25N3O2.ClH.H2O/c1-6-9-20-15(19)18(8-7-17(4)5)14-11-12(2)10-13(3)16-14;;/h10-11H,6-9H2,1-5H3;1H;1H2. The number of amides is 1. The quantitative estimate of drug-likeness (QED) is 0.799. The molecule has 6 nitrogen and oxygen atoms in total. The summed E-state index contributed by atoms with van der Waals surface area (Å²) in [7, 11) is 3.95. The third kappa shape index (κ3) is 7.59. The van der Waals surface area contributed by atoms with Gasteiger partial charge in [-0.05, 0) is 52.1 Å². The van der Waals surface area contributed by atoms with E-state index in [1.807, 2.05) is 51.9 Å². The second-order valence-corrected chi connectivity index (χ2v) is 5.21. The lowest BCUT2D eigenvalue weighted by molar-refractivity contribution is 0.153. The molecule has 7 heteroatoms. The highest BCUT2D eigenvalue weighted by Gasteiger charge is 2.19. The lowest BCUT2D eigenvalue weighted by Crippen LogP contribution is -2.38. The van der Waals surface area contributed by atoms with Crippen molar-refractivity contribution in [3.8, 4) is 0 Å². The summed E-state index contributed by atoms with van der Waals surface area (Å²) in [6.45, 7) is 7.66. The minimum Gasteiger partial charge on any atom is -0.449 e. The molecule has 1 rings (SSSR count). The van der Waals surface area contributed by atoms with E-state index in [0.29, 0.717) is 19.0 Å². The van der Waals surface area contributed by atoms with Gasteiger partial charge in [0.2, 0.25) is 0 Å². The van der Waals surface area contributed by atoms with Crippen LogP contribution in [0.25, 0.3) is 0 Å². The van der Waals surface area contributed by atoms with Gasteiger partial charge in [-0.15, -0.1) is 12.4 Å². The minimum atomic E-state index is -0.328. The molecule has 22 heavy (non-hydrogen) atoms. The predicted molar refractivity (Wildman–Crippen MR) is 92.1 cm³/mol. The van der Waals surface area contributed by atoms with E-state index < -0.39 is 0 Å². The van der Waals surface area contributed by atoms with Crippen LogP contribution in [0.1, 0.15) is 24.6 Å². The summed E-state index contributed by atoms with van der Waals surface area (Å²) in [4.78, 5) is 20.3. The summed E-state index contributed by atoms with van der Waals surface area (Å²) in [6, 6.07) is 3.90. The number of nitrogens with zero attached hydrogens (tertiary/aromatic N) is 3. The van der Waals surface area contributed by atoms with Gasteiger partial charge < -0.3 is 15.1 Å². The van der Waals surface area contributed by atoms with E-state index in [1.165, 1.54) is 0 Å². The monoisotopic (exact) mass is 333 g/mol. The van der Waals surface area contributed by atoms with Crippen molar-refractivity contribution in [3.63, 3.8) is 0 Å². The molecule has 1 amide bonds. The zero-order valence-corrected chi connectivity index (χ0v) is 14.9. The number of carbonyl (C=O) groups is 1. The van der Waals surface area contributed by atoms with Gasteiger partial charge in [0.15, 0.2) is 0 Å². The van der Waals surface area contributed by atoms with Crippen molar-refractivity contribution in [1.82, 2.24) is 9.88 Å². The molecule has 0 aromatic carbocycles. The predicted octanol–water partition coefficient (Wildman–Crippen LogP) is 2.21. The van der Waals surface area contributed by atoms with E-state index in [2.05, 4.69) is 4.98 Å². The number of halogens is 1. The number of likely N-dealkylation sites (N-methyl/N-ethyl adjacent to an activating group) is 1. The maximum atomic E-state index is 12.2. The molecule has 0 unspecified atom stereocenters. The van der Waals surface area contributed by atoms with Crippen LogP contribution in [0.15, 0.2) is 12.1 Å². The fourth-order valence-corrected chi connectivity index (χ4v) is 1.82. The fraction of sp³-hybridized carbons (Fsp3) is 0.600. The van der Waals surface area contributed by atoms with Gasteiger partial charge in [0.1, 0.15) is 5.82 Å². The van der Waals surface area contributed by atoms with E-state index in [9.17, 15) is 4.79 Å². The second-order valence-electron chi connectivity index (χ2n) is 5.21. The Morgan fingerprint density at radius 3 is 2.36 bits per heavy atom. The number of carbonyl (C=O) groups excluding carboxylic acids is 1. The molecule has 1 aromatic heterocycles. The van der Waals surface area contributed by atoms with Gasteiger partial charge in [0.05, 0.1) is 6.61 Å². The number of pyridine rings is 1. The first-order valence-electron chi connectivity index (χ1n) is 6.98. The van der Waals surface area contributed by atoms with Crippen LogP contribution in [0, 0.1) is 13.8 Å². The molecule has 0 saturated heterocycles. The topological polar surface area (TPSA) is 77.2 Å². The van der Waals surface area contributed by atoms with Crippen LogP contribution in [0.3, 0.4) is 0 Å². The molecule has 128 valence electrons. The number of anilines is 1. The first-order valence-corrected chi connectivity index (χ1v) is 6.98. The van der Waals surface area contributed by atoms with E-state index >= 15 is 0 Å². The molecule has 0 atom stereocenters. The number of rotatable bonds is 6. The molecule has 0 bridgehead atoms. The van der Waals surface area contributed by atoms with Crippen LogP contribution in [-0.2, 0) is 4.74 Å². The van der Waals surface area contributed by atoms with Gasteiger partial charge in [-0.2, -0.15) is 0 Å². The fourth-order valence-electron chi connectivity index (χ4n) is 1.82. The Kier molecular flexibility index (Phi) is 11.7. The average molecular weight is 334 g/mol. The highest BCUT2D eigenvalue weighted by molar-refractivity contribution is 5.86. The average Bonchev–Trinajstić information content (AvgIpc) is 2.35. The van der Waals surface area contributed by atoms with Crippen LogP contribution < -0.4 is 4.90 Å². The van der Waals surface area contributed by atoms with Gasteiger partial charge in [0.25, 0.3) is 0 Å². The van der Waals surface area contributed by atoms with Crippen LogP contribution in [0.5, 0.6) is 0 Å². The minimum absolute atomic E-state index is 0. The highest BCUT2D eigenvalue weighted by Crippen LogP contribution is 2.15. The van der Waals surface area contributed by atoms with E-state index in [-0.39, 0.29) is 24.0 Å². The Morgan fingerprint density at radius 1 is 1.23 bits per heavy atom. The van der Waals surface area contributed by atoms with Crippen molar-refractivity contribution in [2.75, 3.05) is 38.7 Å². The van der Waals surface area contributed by atoms with Crippen molar-refractivity contribution in [2.24, 2.45) is 0 Å². The van der Waals surface area contributed by atoms with Crippen molar-refractivity contribution >= 4 is 24.3 Å². The number of aryl methyl sites for hydroxylation is 2. The number of aromatic nitrogens is 1. The zero-order valence-electron chi connectivity index (χ0n) is 14.0. The molecule has 0 radical (unpaired) electrons. The van der Waals surface area contributed by atoms with Gasteiger partial charge in [-0.3, -0.25) is 4.90 Å². The van der Waals surface area contributed by atoms with Crippen LogP contribution in [-0.4, -0.2) is 55.2 Å². The van der Waals surface area contributed by atoms with Crippen LogP contribution in [0.2, 0.25) is 0 Å². The van der Waals surface area contributed by atoms with Gasteiger partial charge in [0, 0.05) is 18.8 Å². The maximum Gasteiger partial charge on any atom is 0.415 e. The van der Waals surface area contributed by atoms with Crippen molar-refractivity contribution in [2.45, 2.75) is 27.2 Å². The number of hydrogen-bond donors (Lipinski definition) is 0. The van der Waals surface area contributed by atoms with Gasteiger partial charge in [-0.25, -0.2) is 9.78 Å². The molecular formula is C15H28ClN3O3. The molecule has 0 spiro atoms. The summed E-state index contributed by atoms with van der Waals surface area (Å²) < 4.78 is 5.25. The summed E-state index contributed by atoms with van der Waals surface area (Å²) in [5.74, 6) is 0.658. The maximum absolute atomic E-state index is 12.2. The third-order valence-electron chi connectivity index (χ3n) is 2.78. The SMILES string of the molecule is CCCOC(=O)N(CCN(C)C)c1cc(C)cc(C)n1.Cl.O. The number of hydrogen-bond acceptors (Lipinski definition) is 4. The summed E-state index contributed by atoms with van der Waals surface area (Å²) in [5, 5.41) is 0. The largest absolute Gasteiger partial charge is 0.449 e.